The number of nitrogens with zero attached hydrogens (tertiary/aromatic N) is 2. The second-order valence-electron chi connectivity index (χ2n) is 9.26. The Morgan fingerprint density at radius 2 is 1.69 bits per heavy atom. The van der Waals surface area contributed by atoms with Gasteiger partial charge >= 0.3 is 0 Å². The molecule has 1 aliphatic heterocycles. The Labute approximate surface area is 159 Å². The van der Waals surface area contributed by atoms with Crippen LogP contribution in [0, 0.1) is 0 Å². The molecule has 0 aromatic heterocycles. The third kappa shape index (κ3) is 4.30. The molecule has 26 heavy (non-hydrogen) atoms. The summed E-state index contributed by atoms with van der Waals surface area (Å²) >= 11 is 0. The lowest BCUT2D eigenvalue weighted by Gasteiger charge is -2.57. The van der Waals surface area contributed by atoms with Crippen molar-refractivity contribution >= 4 is 0 Å². The lowest BCUT2D eigenvalue weighted by atomic mass is 9.78. The minimum absolute atomic E-state index is 0.0228. The van der Waals surface area contributed by atoms with E-state index in [0.717, 1.165) is 31.2 Å². The predicted octanol–water partition coefficient (Wildman–Crippen LogP) is 5.16. The van der Waals surface area contributed by atoms with E-state index < -0.39 is 0 Å². The predicted molar refractivity (Wildman–Crippen MR) is 105 cm³/mol. The van der Waals surface area contributed by atoms with Crippen LogP contribution in [0.15, 0.2) is 30.3 Å². The zero-order valence-corrected chi connectivity index (χ0v) is 16.9. The molecule has 1 saturated carbocycles. The lowest BCUT2D eigenvalue weighted by Crippen LogP contribution is -2.68. The summed E-state index contributed by atoms with van der Waals surface area (Å²) in [5, 5.41) is 14.7. The maximum atomic E-state index is 10.9. The molecule has 1 aromatic carbocycles. The minimum Gasteiger partial charge on any atom is -0.313 e. The minimum atomic E-state index is -0.261. The summed E-state index contributed by atoms with van der Waals surface area (Å²) in [7, 11) is 0. The Bertz CT molecular complexity index is 567. The molecule has 4 nitrogen and oxygen atoms in total. The van der Waals surface area contributed by atoms with Gasteiger partial charge in [-0.25, -0.2) is 0 Å². The van der Waals surface area contributed by atoms with E-state index in [9.17, 15) is 5.21 Å². The van der Waals surface area contributed by atoms with Gasteiger partial charge in [0.25, 0.3) is 0 Å². The van der Waals surface area contributed by atoms with Gasteiger partial charge in [0.2, 0.25) is 0 Å². The van der Waals surface area contributed by atoms with Crippen molar-refractivity contribution in [1.29, 1.82) is 0 Å². The summed E-state index contributed by atoms with van der Waals surface area (Å²) in [5.74, 6) is 0. The first kappa shape index (κ1) is 19.8. The second kappa shape index (κ2) is 7.97. The third-order valence-corrected chi connectivity index (χ3v) is 6.27. The van der Waals surface area contributed by atoms with Crippen molar-refractivity contribution in [1.82, 2.24) is 10.1 Å². The van der Waals surface area contributed by atoms with E-state index in [4.69, 9.17) is 4.84 Å². The fourth-order valence-electron chi connectivity index (χ4n) is 4.85. The molecule has 2 fully saturated rings. The van der Waals surface area contributed by atoms with Gasteiger partial charge in [-0.05, 0) is 58.9 Å². The van der Waals surface area contributed by atoms with E-state index in [2.05, 4.69) is 44.9 Å². The van der Waals surface area contributed by atoms with E-state index in [0.29, 0.717) is 12.6 Å². The van der Waals surface area contributed by atoms with Gasteiger partial charge in [0.05, 0.1) is 17.7 Å². The number of hydroxylamine groups is 4. The van der Waals surface area contributed by atoms with Crippen molar-refractivity contribution in [2.75, 3.05) is 0 Å². The van der Waals surface area contributed by atoms with Crippen LogP contribution in [0.25, 0.3) is 0 Å². The summed E-state index contributed by atoms with van der Waals surface area (Å²) in [6.45, 7) is 9.53. The molecule has 0 radical (unpaired) electrons. The maximum absolute atomic E-state index is 10.9. The van der Waals surface area contributed by atoms with Crippen molar-refractivity contribution in [3.8, 4) is 0 Å². The van der Waals surface area contributed by atoms with Crippen LogP contribution < -0.4 is 0 Å². The Morgan fingerprint density at radius 3 is 2.35 bits per heavy atom. The SMILES string of the molecule is CC1(C)CCC(N(O)Cc2ccccc2)C(C)(C)N1OC1CCCCC1. The first-order valence-electron chi connectivity index (χ1n) is 10.3. The highest BCUT2D eigenvalue weighted by molar-refractivity contribution is 5.14. The second-order valence-corrected chi connectivity index (χ2v) is 9.26. The van der Waals surface area contributed by atoms with Crippen molar-refractivity contribution < 1.29 is 10.0 Å². The summed E-state index contributed by atoms with van der Waals surface area (Å²) in [5.41, 5.74) is 0.851. The van der Waals surface area contributed by atoms with E-state index in [1.807, 2.05) is 18.2 Å². The first-order valence-corrected chi connectivity index (χ1v) is 10.3. The number of hydrogen-bond acceptors (Lipinski definition) is 4. The Kier molecular flexibility index (Phi) is 6.07. The summed E-state index contributed by atoms with van der Waals surface area (Å²) in [6.07, 6.45) is 8.47. The smallest absolute Gasteiger partial charge is 0.0793 e. The number of piperidine rings is 1. The Morgan fingerprint density at radius 1 is 1.04 bits per heavy atom. The van der Waals surface area contributed by atoms with Crippen LogP contribution >= 0.6 is 0 Å². The fourth-order valence-corrected chi connectivity index (χ4v) is 4.85. The molecule has 0 amide bonds. The summed E-state index contributed by atoms with van der Waals surface area (Å²) in [6, 6.07) is 10.2. The molecule has 1 aliphatic carbocycles. The van der Waals surface area contributed by atoms with Crippen molar-refractivity contribution in [2.45, 2.75) is 102 Å². The molecular formula is C22H36N2O2. The normalized spacial score (nSPS) is 26.9. The third-order valence-electron chi connectivity index (χ3n) is 6.27. The van der Waals surface area contributed by atoms with Crippen LogP contribution in [-0.2, 0) is 11.4 Å². The van der Waals surface area contributed by atoms with Crippen molar-refractivity contribution in [2.24, 2.45) is 0 Å². The number of hydrogen-bond donors (Lipinski definition) is 1. The van der Waals surface area contributed by atoms with Gasteiger partial charge in [0.15, 0.2) is 0 Å². The Hall–Kier alpha value is -0.940. The van der Waals surface area contributed by atoms with Crippen LogP contribution in [0.1, 0.15) is 78.2 Å². The van der Waals surface area contributed by atoms with Crippen LogP contribution in [0.2, 0.25) is 0 Å². The zero-order chi connectivity index (χ0) is 18.8. The Balaban J connectivity index is 1.74. The highest BCUT2D eigenvalue weighted by Gasteiger charge is 2.51. The molecule has 3 rings (SSSR count). The topological polar surface area (TPSA) is 35.9 Å². The van der Waals surface area contributed by atoms with Gasteiger partial charge in [-0.3, -0.25) is 4.84 Å². The van der Waals surface area contributed by atoms with Gasteiger partial charge < -0.3 is 5.21 Å². The van der Waals surface area contributed by atoms with Gasteiger partial charge in [-0.15, -0.1) is 0 Å². The molecule has 1 unspecified atom stereocenters. The van der Waals surface area contributed by atoms with Crippen LogP contribution in [0.4, 0.5) is 0 Å². The van der Waals surface area contributed by atoms with E-state index in [1.165, 1.54) is 24.3 Å². The van der Waals surface area contributed by atoms with E-state index >= 15 is 0 Å². The lowest BCUT2D eigenvalue weighted by molar-refractivity contribution is -0.335. The van der Waals surface area contributed by atoms with E-state index in [1.54, 1.807) is 0 Å². The number of rotatable bonds is 5. The highest BCUT2D eigenvalue weighted by atomic mass is 16.7. The molecule has 2 aliphatic rings. The average Bonchev–Trinajstić information content (AvgIpc) is 2.60. The maximum Gasteiger partial charge on any atom is 0.0793 e. The number of benzene rings is 1. The molecule has 1 aromatic rings. The van der Waals surface area contributed by atoms with Crippen molar-refractivity contribution in [3.63, 3.8) is 0 Å². The fraction of sp³-hybridized carbons (Fsp3) is 0.727. The zero-order valence-electron chi connectivity index (χ0n) is 16.9. The standard InChI is InChI=1S/C22H36N2O2/c1-21(2)16-15-20(23(25)17-18-11-7-5-8-12-18)22(3,4)24(21)26-19-13-9-6-10-14-19/h5,7-8,11-12,19-20,25H,6,9-10,13-17H2,1-4H3. The van der Waals surface area contributed by atoms with Crippen molar-refractivity contribution in [3.05, 3.63) is 35.9 Å². The van der Waals surface area contributed by atoms with E-state index in [-0.39, 0.29) is 17.1 Å². The van der Waals surface area contributed by atoms with Gasteiger partial charge in [-0.2, -0.15) is 10.1 Å². The molecule has 4 heteroatoms. The summed E-state index contributed by atoms with van der Waals surface area (Å²) < 4.78 is 0. The highest BCUT2D eigenvalue weighted by Crippen LogP contribution is 2.42. The van der Waals surface area contributed by atoms with Gasteiger partial charge in [-0.1, -0.05) is 49.6 Å². The average molecular weight is 361 g/mol. The van der Waals surface area contributed by atoms with Crippen LogP contribution in [0.5, 0.6) is 0 Å². The molecule has 1 N–H and O–H groups in total. The summed E-state index contributed by atoms with van der Waals surface area (Å²) in [4.78, 5) is 6.59. The molecular weight excluding hydrogens is 324 g/mol. The molecule has 1 saturated heterocycles. The molecule has 0 bridgehead atoms. The first-order chi connectivity index (χ1) is 12.3. The van der Waals surface area contributed by atoms with Gasteiger partial charge in [0.1, 0.15) is 0 Å². The molecule has 146 valence electrons. The molecule has 1 heterocycles. The quantitative estimate of drug-likeness (QED) is 0.736. The van der Waals surface area contributed by atoms with Crippen LogP contribution in [0.3, 0.4) is 0 Å². The monoisotopic (exact) mass is 360 g/mol. The molecule has 0 spiro atoms. The van der Waals surface area contributed by atoms with Crippen LogP contribution in [-0.4, -0.2) is 38.6 Å². The largest absolute Gasteiger partial charge is 0.313 e. The van der Waals surface area contributed by atoms with Gasteiger partial charge in [0, 0.05) is 12.1 Å². The molecule has 1 atom stereocenters.